The summed E-state index contributed by atoms with van der Waals surface area (Å²) in [6.07, 6.45) is 40.8. The van der Waals surface area contributed by atoms with Gasteiger partial charge in [-0.05, 0) is 37.0 Å². The second-order valence-corrected chi connectivity index (χ2v) is 18.4. The molecule has 0 bridgehead atoms. The zero-order chi connectivity index (χ0) is 42.0. The minimum Gasteiger partial charge on any atom is -0.462 e. The van der Waals surface area contributed by atoms with Gasteiger partial charge in [0.1, 0.15) is 13.2 Å². The Morgan fingerprint density at radius 2 is 0.614 bits per heavy atom. The molecule has 2 unspecified atom stereocenters. The van der Waals surface area contributed by atoms with Crippen LogP contribution in [0.3, 0.4) is 0 Å². The third-order valence-corrected chi connectivity index (χ3v) is 12.1. The van der Waals surface area contributed by atoms with E-state index in [0.717, 1.165) is 75.5 Å². The zero-order valence-electron chi connectivity index (χ0n) is 39.1. The average Bonchev–Trinajstić information content (AvgIpc) is 3.19. The van der Waals surface area contributed by atoms with Gasteiger partial charge in [-0.2, -0.15) is 0 Å². The quantitative estimate of drug-likeness (QED) is 0.0347. The van der Waals surface area contributed by atoms with Gasteiger partial charge in [0.25, 0.3) is 0 Å². The lowest BCUT2D eigenvalue weighted by Gasteiger charge is -2.18. The Labute approximate surface area is 355 Å². The van der Waals surface area contributed by atoms with Crippen molar-refractivity contribution in [3.05, 3.63) is 0 Å². The number of carbonyl (C=O) groups is 3. The van der Waals surface area contributed by atoms with Crippen LogP contribution in [-0.2, 0) is 28.6 Å². The van der Waals surface area contributed by atoms with Crippen molar-refractivity contribution in [1.29, 1.82) is 0 Å². The molecule has 0 saturated heterocycles. The number of hydrogen-bond donors (Lipinski definition) is 0. The number of carbonyl (C=O) groups excluding carboxylic acids is 3. The number of esters is 3. The smallest absolute Gasteiger partial charge is 0.306 e. The van der Waals surface area contributed by atoms with E-state index in [9.17, 15) is 14.4 Å². The molecule has 0 aromatic rings. The van der Waals surface area contributed by atoms with Gasteiger partial charge in [0.15, 0.2) is 6.10 Å². The summed E-state index contributed by atoms with van der Waals surface area (Å²) in [5, 5.41) is 0. The molecule has 0 radical (unpaired) electrons. The fourth-order valence-electron chi connectivity index (χ4n) is 7.52. The Morgan fingerprint density at radius 1 is 0.351 bits per heavy atom. The van der Waals surface area contributed by atoms with E-state index >= 15 is 0 Å². The first-order chi connectivity index (χ1) is 27.7. The molecule has 0 fully saturated rings. The highest BCUT2D eigenvalue weighted by molar-refractivity contribution is 5.71. The molecule has 0 spiro atoms. The Kier molecular flexibility index (Phi) is 41.3. The summed E-state index contributed by atoms with van der Waals surface area (Å²) in [4.78, 5) is 37.9. The second-order valence-electron chi connectivity index (χ2n) is 18.4. The van der Waals surface area contributed by atoms with Crippen LogP contribution in [0.2, 0.25) is 0 Å². The SMILES string of the molecule is CCC(C)CCCCCCCCCCC(=O)OC[C@H](COC(=O)CCCCCCCCCCCCCCC(C)C)OC(=O)CCCCCCCCCCC(C)CC. The number of hydrogen-bond acceptors (Lipinski definition) is 6. The van der Waals surface area contributed by atoms with Crippen LogP contribution in [0.25, 0.3) is 0 Å². The largest absolute Gasteiger partial charge is 0.462 e. The lowest BCUT2D eigenvalue weighted by Crippen LogP contribution is -2.30. The van der Waals surface area contributed by atoms with Gasteiger partial charge in [-0.3, -0.25) is 14.4 Å². The minimum atomic E-state index is -0.763. The summed E-state index contributed by atoms with van der Waals surface area (Å²) in [7, 11) is 0. The summed E-state index contributed by atoms with van der Waals surface area (Å²) >= 11 is 0. The van der Waals surface area contributed by atoms with Gasteiger partial charge in [-0.1, -0.05) is 234 Å². The van der Waals surface area contributed by atoms with Gasteiger partial charge < -0.3 is 14.2 Å². The molecule has 0 N–H and O–H groups in total. The Hall–Kier alpha value is -1.59. The van der Waals surface area contributed by atoms with Crippen molar-refractivity contribution in [3.8, 4) is 0 Å². The molecule has 0 aliphatic heterocycles. The highest BCUT2D eigenvalue weighted by Crippen LogP contribution is 2.18. The maximum absolute atomic E-state index is 12.8. The van der Waals surface area contributed by atoms with Crippen molar-refractivity contribution in [2.45, 2.75) is 279 Å². The van der Waals surface area contributed by atoms with E-state index < -0.39 is 6.10 Å². The van der Waals surface area contributed by atoms with E-state index in [0.29, 0.717) is 19.3 Å². The first-order valence-electron chi connectivity index (χ1n) is 25.2. The molecule has 0 aromatic carbocycles. The van der Waals surface area contributed by atoms with E-state index in [1.165, 1.54) is 154 Å². The van der Waals surface area contributed by atoms with Crippen molar-refractivity contribution in [2.75, 3.05) is 13.2 Å². The van der Waals surface area contributed by atoms with E-state index in [-0.39, 0.29) is 31.1 Å². The molecule has 6 heteroatoms. The Bertz CT molecular complexity index is 887. The van der Waals surface area contributed by atoms with Crippen LogP contribution in [-0.4, -0.2) is 37.2 Å². The van der Waals surface area contributed by atoms with Crippen molar-refractivity contribution in [1.82, 2.24) is 0 Å². The van der Waals surface area contributed by atoms with E-state index in [2.05, 4.69) is 41.5 Å². The zero-order valence-corrected chi connectivity index (χ0v) is 39.1. The average molecular weight is 807 g/mol. The Morgan fingerprint density at radius 3 is 0.912 bits per heavy atom. The number of rotatable bonds is 44. The molecule has 0 rings (SSSR count). The van der Waals surface area contributed by atoms with Crippen molar-refractivity contribution >= 4 is 17.9 Å². The lowest BCUT2D eigenvalue weighted by atomic mass is 9.99. The summed E-state index contributed by atoms with van der Waals surface area (Å²) in [5.74, 6) is 1.67. The number of unbranched alkanes of at least 4 members (excludes halogenated alkanes) is 25. The highest BCUT2D eigenvalue weighted by atomic mass is 16.6. The van der Waals surface area contributed by atoms with Gasteiger partial charge >= 0.3 is 17.9 Å². The molecular weight excluding hydrogens is 709 g/mol. The van der Waals surface area contributed by atoms with Crippen LogP contribution in [0, 0.1) is 17.8 Å². The normalized spacial score (nSPS) is 13.1. The van der Waals surface area contributed by atoms with Crippen LogP contribution < -0.4 is 0 Å². The van der Waals surface area contributed by atoms with Crippen LogP contribution in [0.5, 0.6) is 0 Å². The first-order valence-corrected chi connectivity index (χ1v) is 25.2. The van der Waals surface area contributed by atoms with Gasteiger partial charge in [-0.15, -0.1) is 0 Å². The maximum atomic E-state index is 12.8. The monoisotopic (exact) mass is 807 g/mol. The number of ether oxygens (including phenoxy) is 3. The van der Waals surface area contributed by atoms with Crippen LogP contribution in [0.15, 0.2) is 0 Å². The first kappa shape index (κ1) is 55.4. The molecule has 0 aliphatic rings. The molecule has 57 heavy (non-hydrogen) atoms. The summed E-state index contributed by atoms with van der Waals surface area (Å²) in [6.45, 7) is 13.7. The van der Waals surface area contributed by atoms with Crippen LogP contribution in [0.4, 0.5) is 0 Å². The molecule has 3 atom stereocenters. The summed E-state index contributed by atoms with van der Waals surface area (Å²) < 4.78 is 16.8. The van der Waals surface area contributed by atoms with Crippen molar-refractivity contribution in [3.63, 3.8) is 0 Å². The molecule has 0 heterocycles. The summed E-state index contributed by atoms with van der Waals surface area (Å²) in [6, 6.07) is 0. The van der Waals surface area contributed by atoms with Crippen LogP contribution in [0.1, 0.15) is 273 Å². The standard InChI is InChI=1S/C51H98O6/c1-7-46(5)38-32-26-20-15-17-23-29-35-41-50(53)56-44-48(57-51(54)42-36-30-24-18-16-21-27-33-39-47(6)8-2)43-55-49(52)40-34-28-22-14-12-10-9-11-13-19-25-31-37-45(3)4/h45-48H,7-44H2,1-6H3/t46?,47?,48-/m0/s1. The van der Waals surface area contributed by atoms with Crippen molar-refractivity contribution < 1.29 is 28.6 Å². The van der Waals surface area contributed by atoms with Crippen LogP contribution >= 0.6 is 0 Å². The predicted molar refractivity (Wildman–Crippen MR) is 243 cm³/mol. The summed E-state index contributed by atoms with van der Waals surface area (Å²) in [5.41, 5.74) is 0. The fourth-order valence-corrected chi connectivity index (χ4v) is 7.52. The topological polar surface area (TPSA) is 78.9 Å². The molecule has 0 aliphatic carbocycles. The van der Waals surface area contributed by atoms with Gasteiger partial charge in [-0.25, -0.2) is 0 Å². The van der Waals surface area contributed by atoms with Gasteiger partial charge in [0.2, 0.25) is 0 Å². The van der Waals surface area contributed by atoms with E-state index in [1.54, 1.807) is 0 Å². The molecular formula is C51H98O6. The molecule has 338 valence electrons. The lowest BCUT2D eigenvalue weighted by molar-refractivity contribution is -0.167. The third-order valence-electron chi connectivity index (χ3n) is 12.1. The maximum Gasteiger partial charge on any atom is 0.306 e. The molecule has 0 amide bonds. The minimum absolute atomic E-state index is 0.0655. The van der Waals surface area contributed by atoms with E-state index in [1.807, 2.05) is 0 Å². The second kappa shape index (κ2) is 42.5. The molecule has 6 nitrogen and oxygen atoms in total. The molecule has 0 saturated carbocycles. The van der Waals surface area contributed by atoms with E-state index in [4.69, 9.17) is 14.2 Å². The van der Waals surface area contributed by atoms with Gasteiger partial charge in [0.05, 0.1) is 0 Å². The Balaban J connectivity index is 4.34. The van der Waals surface area contributed by atoms with Gasteiger partial charge in [0, 0.05) is 19.3 Å². The predicted octanol–water partition coefficient (Wildman–Crippen LogP) is 16.0. The van der Waals surface area contributed by atoms with Crippen molar-refractivity contribution in [2.24, 2.45) is 17.8 Å². The third kappa shape index (κ3) is 42.3. The highest BCUT2D eigenvalue weighted by Gasteiger charge is 2.19. The fraction of sp³-hybridized carbons (Fsp3) is 0.941. The molecule has 0 aromatic heterocycles.